The number of H-pyrrole nitrogens is 1. The molecule has 3 aliphatic rings. The molecule has 298 valence electrons. The molecule has 4 aromatic rings. The molecule has 7 rings (SSSR count). The van der Waals surface area contributed by atoms with Crippen LogP contribution in [0.3, 0.4) is 0 Å². The van der Waals surface area contributed by atoms with Gasteiger partial charge in [0.15, 0.2) is 0 Å². The van der Waals surface area contributed by atoms with Crippen LogP contribution < -0.4 is 5.32 Å². The molecule has 0 unspecified atom stereocenters. The van der Waals surface area contributed by atoms with Gasteiger partial charge in [-0.2, -0.15) is 0 Å². The number of fused-ring (bicyclic) bond motifs is 3. The number of aromatic nitrogens is 2. The van der Waals surface area contributed by atoms with Crippen molar-refractivity contribution in [1.82, 2.24) is 15.3 Å². The number of aliphatic imine (C=N–C) groups is 1. The average Bonchev–Trinajstić information content (AvgIpc) is 3.79. The van der Waals surface area contributed by atoms with Gasteiger partial charge in [0, 0.05) is 62.0 Å². The normalized spacial score (nSPS) is 20.0. The van der Waals surface area contributed by atoms with Crippen LogP contribution in [0.2, 0.25) is 0 Å². The number of aromatic amines is 1. The van der Waals surface area contributed by atoms with E-state index in [2.05, 4.69) is 100 Å². The van der Waals surface area contributed by atoms with Crippen molar-refractivity contribution >= 4 is 33.9 Å². The number of ketones is 1. The fraction of sp³-hybridized carbons (Fsp3) is 0.522. The first kappa shape index (κ1) is 39.9. The Kier molecular flexibility index (Phi) is 10.6. The van der Waals surface area contributed by atoms with Crippen molar-refractivity contribution < 1.29 is 27.2 Å². The molecule has 2 saturated carbocycles. The number of benzene rings is 3. The first-order valence-electron chi connectivity index (χ1n) is 20.1. The van der Waals surface area contributed by atoms with Crippen LogP contribution in [-0.4, -0.2) is 45.3 Å². The highest BCUT2D eigenvalue weighted by Crippen LogP contribution is 2.43. The third-order valence-electron chi connectivity index (χ3n) is 12.4. The number of hydrogen-bond acceptors (Lipinski definition) is 4. The first-order chi connectivity index (χ1) is 26.3. The SMILES string of the molecule is CC(C)(C)[C@H](NC(=O)C1CCC(F)(F)CC1)C1=Nc2ccc3cc(-c4ccc(-c5cnc([C@@H](CC(=O)C6CCC(F)(F)CC6)C(C)(C)C)[nH]5)cc4)ccc3c2C1. The van der Waals surface area contributed by atoms with E-state index in [1.807, 2.05) is 6.07 Å². The molecule has 2 aliphatic carbocycles. The number of amides is 1. The van der Waals surface area contributed by atoms with E-state index in [4.69, 9.17) is 9.98 Å². The van der Waals surface area contributed by atoms with Gasteiger partial charge in [-0.15, -0.1) is 0 Å². The zero-order valence-corrected chi connectivity index (χ0v) is 33.4. The second-order valence-electron chi connectivity index (χ2n) is 18.7. The van der Waals surface area contributed by atoms with Gasteiger partial charge >= 0.3 is 0 Å². The molecule has 2 N–H and O–H groups in total. The highest BCUT2D eigenvalue weighted by molar-refractivity contribution is 6.05. The minimum atomic E-state index is -2.68. The lowest BCUT2D eigenvalue weighted by molar-refractivity contribution is -0.130. The van der Waals surface area contributed by atoms with Crippen molar-refractivity contribution in [2.75, 3.05) is 0 Å². The Hall–Kier alpha value is -4.34. The van der Waals surface area contributed by atoms with Gasteiger partial charge in [-0.05, 0) is 81.7 Å². The first-order valence-corrected chi connectivity index (χ1v) is 20.1. The summed E-state index contributed by atoms with van der Waals surface area (Å²) in [6.07, 6.45) is 2.59. The smallest absolute Gasteiger partial charge is 0.248 e. The molecule has 2 fully saturated rings. The lowest BCUT2D eigenvalue weighted by Crippen LogP contribution is -2.51. The van der Waals surface area contributed by atoms with Crippen molar-refractivity contribution in [1.29, 1.82) is 0 Å². The predicted octanol–water partition coefficient (Wildman–Crippen LogP) is 11.8. The van der Waals surface area contributed by atoms with Crippen molar-refractivity contribution in [3.8, 4) is 22.4 Å². The fourth-order valence-corrected chi connectivity index (χ4v) is 8.80. The number of nitrogens with zero attached hydrogens (tertiary/aromatic N) is 2. The Bertz CT molecular complexity index is 2120. The highest BCUT2D eigenvalue weighted by Gasteiger charge is 2.41. The molecular formula is C46H54F4N4O2. The molecule has 0 bridgehead atoms. The number of hydrogen-bond donors (Lipinski definition) is 2. The Labute approximate surface area is 327 Å². The molecule has 0 spiro atoms. The second-order valence-corrected chi connectivity index (χ2v) is 18.7. The topological polar surface area (TPSA) is 87.2 Å². The zero-order valence-electron chi connectivity index (χ0n) is 33.4. The largest absolute Gasteiger partial charge is 0.347 e. The standard InChI is InChI=1S/C46H54F4N4O2/c1-43(2,3)35(25-39(55)29-15-19-45(47,48)20-16-29)41-51-26-38(53-41)28-9-7-27(8-10-28)31-11-13-33-32(23-31)12-14-36-34(33)24-37(52-36)40(44(4,5)6)54-42(56)30-17-21-46(49,50)22-18-30/h7-14,23,26,29-30,35,40H,15-22,24-25H2,1-6H3,(H,51,53)(H,54,56)/t35-,40-/m1/s1. The van der Waals surface area contributed by atoms with Gasteiger partial charge in [-0.25, -0.2) is 22.5 Å². The summed E-state index contributed by atoms with van der Waals surface area (Å²) < 4.78 is 55.1. The van der Waals surface area contributed by atoms with Crippen molar-refractivity contribution in [2.45, 2.75) is 130 Å². The summed E-state index contributed by atoms with van der Waals surface area (Å²) in [7, 11) is 0. The van der Waals surface area contributed by atoms with Gasteiger partial charge in [0.05, 0.1) is 23.6 Å². The molecule has 6 nitrogen and oxygen atoms in total. The van der Waals surface area contributed by atoms with E-state index in [9.17, 15) is 27.2 Å². The van der Waals surface area contributed by atoms with Crippen LogP contribution in [-0.2, 0) is 16.0 Å². The van der Waals surface area contributed by atoms with Gasteiger partial charge in [0.2, 0.25) is 17.8 Å². The number of nitrogens with one attached hydrogen (secondary N) is 2. The van der Waals surface area contributed by atoms with E-state index in [1.54, 1.807) is 6.20 Å². The lowest BCUT2D eigenvalue weighted by Gasteiger charge is -2.34. The average molecular weight is 771 g/mol. The number of halogens is 4. The van der Waals surface area contributed by atoms with Crippen LogP contribution in [0, 0.1) is 22.7 Å². The van der Waals surface area contributed by atoms with Crippen LogP contribution in [0.15, 0.2) is 65.8 Å². The minimum Gasteiger partial charge on any atom is -0.347 e. The summed E-state index contributed by atoms with van der Waals surface area (Å²) in [6.45, 7) is 12.4. The Morgan fingerprint density at radius 2 is 1.38 bits per heavy atom. The molecule has 2 heterocycles. The quantitative estimate of drug-likeness (QED) is 0.166. The molecule has 1 aliphatic heterocycles. The molecule has 3 aromatic carbocycles. The van der Waals surface area contributed by atoms with Gasteiger partial charge in [0.25, 0.3) is 0 Å². The number of carbonyl (C=O) groups excluding carboxylic acids is 2. The molecule has 0 saturated heterocycles. The third-order valence-corrected chi connectivity index (χ3v) is 12.4. The van der Waals surface area contributed by atoms with Crippen molar-refractivity contribution in [3.05, 3.63) is 72.2 Å². The van der Waals surface area contributed by atoms with E-state index < -0.39 is 17.8 Å². The predicted molar refractivity (Wildman–Crippen MR) is 215 cm³/mol. The molecule has 0 radical (unpaired) electrons. The maximum absolute atomic E-state index is 13.8. The summed E-state index contributed by atoms with van der Waals surface area (Å²) in [4.78, 5) is 39.8. The van der Waals surface area contributed by atoms with Gasteiger partial charge in [0.1, 0.15) is 11.6 Å². The van der Waals surface area contributed by atoms with Crippen LogP contribution >= 0.6 is 0 Å². The third kappa shape index (κ3) is 8.64. The maximum Gasteiger partial charge on any atom is 0.248 e. The van der Waals surface area contributed by atoms with Crippen molar-refractivity contribution in [3.63, 3.8) is 0 Å². The Morgan fingerprint density at radius 3 is 1.98 bits per heavy atom. The van der Waals surface area contributed by atoms with E-state index in [-0.39, 0.29) is 98.2 Å². The van der Waals surface area contributed by atoms with Gasteiger partial charge in [-0.3, -0.25) is 14.6 Å². The van der Waals surface area contributed by atoms with Crippen molar-refractivity contribution in [2.24, 2.45) is 27.7 Å². The van der Waals surface area contributed by atoms with E-state index >= 15 is 0 Å². The fourth-order valence-electron chi connectivity index (χ4n) is 8.80. The van der Waals surface area contributed by atoms with Gasteiger partial charge in [-0.1, -0.05) is 84.0 Å². The minimum absolute atomic E-state index is 0.0436. The van der Waals surface area contributed by atoms with Crippen LogP contribution in [0.25, 0.3) is 33.2 Å². The summed E-state index contributed by atoms with van der Waals surface area (Å²) in [5.41, 5.74) is 6.24. The van der Waals surface area contributed by atoms with E-state index in [1.165, 1.54) is 0 Å². The van der Waals surface area contributed by atoms with Gasteiger partial charge < -0.3 is 10.3 Å². The maximum atomic E-state index is 13.8. The van der Waals surface area contributed by atoms with E-state index in [0.29, 0.717) is 6.42 Å². The molecule has 2 atom stereocenters. The molecule has 56 heavy (non-hydrogen) atoms. The van der Waals surface area contributed by atoms with Crippen LogP contribution in [0.1, 0.15) is 117 Å². The summed E-state index contributed by atoms with van der Waals surface area (Å²) in [6, 6.07) is 18.5. The number of carbonyl (C=O) groups is 2. The Balaban J connectivity index is 1.04. The number of imidazole rings is 1. The zero-order chi connectivity index (χ0) is 40.2. The lowest BCUT2D eigenvalue weighted by atomic mass is 9.74. The summed E-state index contributed by atoms with van der Waals surface area (Å²) in [5, 5.41) is 5.40. The molecule has 10 heteroatoms. The molecule has 1 aromatic heterocycles. The van der Waals surface area contributed by atoms with Crippen LogP contribution in [0.4, 0.5) is 23.2 Å². The van der Waals surface area contributed by atoms with Crippen LogP contribution in [0.5, 0.6) is 0 Å². The Morgan fingerprint density at radius 1 is 0.786 bits per heavy atom. The number of rotatable bonds is 9. The second kappa shape index (κ2) is 14.9. The van der Waals surface area contributed by atoms with E-state index in [0.717, 1.165) is 55.9 Å². The molecular weight excluding hydrogens is 717 g/mol. The summed E-state index contributed by atoms with van der Waals surface area (Å²) >= 11 is 0. The highest BCUT2D eigenvalue weighted by atomic mass is 19.3. The number of Topliss-reactive ketones (excluding diaryl/α,β-unsaturated/α-hetero) is 1. The number of alkyl halides is 4. The summed E-state index contributed by atoms with van der Waals surface area (Å²) in [5.74, 6) is -5.65. The molecule has 1 amide bonds. The monoisotopic (exact) mass is 770 g/mol.